The molecular weight excluding hydrogens is 323 g/mol. The fourth-order valence-electron chi connectivity index (χ4n) is 3.02. The summed E-state index contributed by atoms with van der Waals surface area (Å²) < 4.78 is 14.2. The standard InChI is InChI=1S/C18H21FN4O2/c1-10(2)6-15(23-16(24)9-21-18(23)25)17-20-8-14(22-17)12-5-4-11(3)7-13(12)19/h4-5,7-8,10,15H,6,9H2,1-3H3,(H,20,22)(H,21,25). The van der Waals surface area contributed by atoms with Crippen LogP contribution in [-0.4, -0.2) is 33.4 Å². The molecule has 25 heavy (non-hydrogen) atoms. The third-order valence-electron chi connectivity index (χ3n) is 4.21. The number of rotatable bonds is 5. The van der Waals surface area contributed by atoms with Crippen LogP contribution in [0.4, 0.5) is 9.18 Å². The summed E-state index contributed by atoms with van der Waals surface area (Å²) in [5.41, 5.74) is 1.76. The first-order valence-corrected chi connectivity index (χ1v) is 8.28. The van der Waals surface area contributed by atoms with Gasteiger partial charge in [-0.1, -0.05) is 19.9 Å². The van der Waals surface area contributed by atoms with Crippen molar-refractivity contribution in [2.75, 3.05) is 6.54 Å². The van der Waals surface area contributed by atoms with Crippen LogP contribution in [0.15, 0.2) is 24.4 Å². The number of urea groups is 1. The van der Waals surface area contributed by atoms with E-state index in [0.29, 0.717) is 23.5 Å². The number of benzene rings is 1. The van der Waals surface area contributed by atoms with Gasteiger partial charge in [-0.2, -0.15) is 0 Å². The van der Waals surface area contributed by atoms with Crippen LogP contribution in [-0.2, 0) is 4.79 Å². The van der Waals surface area contributed by atoms with Crippen LogP contribution >= 0.6 is 0 Å². The Morgan fingerprint density at radius 2 is 2.08 bits per heavy atom. The number of nitrogens with zero attached hydrogens (tertiary/aromatic N) is 2. The molecule has 2 aromatic rings. The number of carbonyl (C=O) groups is 2. The second-order valence-electron chi connectivity index (χ2n) is 6.73. The lowest BCUT2D eigenvalue weighted by atomic mass is 10.0. The molecule has 3 amide bonds. The molecule has 1 aromatic heterocycles. The van der Waals surface area contributed by atoms with Crippen LogP contribution < -0.4 is 5.32 Å². The fraction of sp³-hybridized carbons (Fsp3) is 0.389. The highest BCUT2D eigenvalue weighted by Gasteiger charge is 2.37. The summed E-state index contributed by atoms with van der Waals surface area (Å²) in [7, 11) is 0. The van der Waals surface area contributed by atoms with E-state index in [9.17, 15) is 14.0 Å². The highest BCUT2D eigenvalue weighted by molar-refractivity contribution is 6.02. The minimum Gasteiger partial charge on any atom is -0.340 e. The van der Waals surface area contributed by atoms with Crippen molar-refractivity contribution in [3.63, 3.8) is 0 Å². The molecule has 7 heteroatoms. The maximum Gasteiger partial charge on any atom is 0.325 e. The Kier molecular flexibility index (Phi) is 4.57. The van der Waals surface area contributed by atoms with Crippen LogP contribution in [0.5, 0.6) is 0 Å². The minimum absolute atomic E-state index is 0.00636. The van der Waals surface area contributed by atoms with E-state index in [1.807, 2.05) is 26.8 Å². The number of halogens is 1. The summed E-state index contributed by atoms with van der Waals surface area (Å²) in [6.07, 6.45) is 2.11. The number of aromatic nitrogens is 2. The molecule has 6 nitrogen and oxygen atoms in total. The summed E-state index contributed by atoms with van der Waals surface area (Å²) >= 11 is 0. The molecule has 2 heterocycles. The predicted octanol–water partition coefficient (Wildman–Crippen LogP) is 3.16. The first-order valence-electron chi connectivity index (χ1n) is 8.28. The average molecular weight is 344 g/mol. The van der Waals surface area contributed by atoms with Crippen molar-refractivity contribution < 1.29 is 14.0 Å². The largest absolute Gasteiger partial charge is 0.340 e. The topological polar surface area (TPSA) is 78.1 Å². The van der Waals surface area contributed by atoms with E-state index in [1.54, 1.807) is 6.07 Å². The van der Waals surface area contributed by atoms with Crippen LogP contribution in [0.1, 0.15) is 37.7 Å². The van der Waals surface area contributed by atoms with Gasteiger partial charge in [0.2, 0.25) is 0 Å². The van der Waals surface area contributed by atoms with Crippen LogP contribution in [0.3, 0.4) is 0 Å². The minimum atomic E-state index is -0.503. The smallest absolute Gasteiger partial charge is 0.325 e. The van der Waals surface area contributed by atoms with E-state index in [1.165, 1.54) is 17.2 Å². The van der Waals surface area contributed by atoms with Gasteiger partial charge in [-0.3, -0.25) is 9.69 Å². The Bertz CT molecular complexity index is 799. The molecule has 132 valence electrons. The summed E-state index contributed by atoms with van der Waals surface area (Å²) in [5.74, 6) is 0.102. The molecule has 0 radical (unpaired) electrons. The van der Waals surface area contributed by atoms with Crippen LogP contribution in [0, 0.1) is 18.7 Å². The molecule has 1 unspecified atom stereocenters. The van der Waals surface area contributed by atoms with Gasteiger partial charge in [-0.15, -0.1) is 0 Å². The van der Waals surface area contributed by atoms with E-state index in [-0.39, 0.29) is 24.2 Å². The normalized spacial score (nSPS) is 15.8. The summed E-state index contributed by atoms with van der Waals surface area (Å²) in [5, 5.41) is 2.53. The highest BCUT2D eigenvalue weighted by Crippen LogP contribution is 2.30. The van der Waals surface area contributed by atoms with Gasteiger partial charge in [0.05, 0.1) is 24.5 Å². The number of imide groups is 1. The second kappa shape index (κ2) is 6.66. The molecule has 0 bridgehead atoms. The Morgan fingerprint density at radius 1 is 1.32 bits per heavy atom. The Hall–Kier alpha value is -2.70. The Morgan fingerprint density at radius 3 is 2.68 bits per heavy atom. The van der Waals surface area contributed by atoms with Crippen LogP contribution in [0.25, 0.3) is 11.3 Å². The molecular formula is C18H21FN4O2. The van der Waals surface area contributed by atoms with Crippen molar-refractivity contribution in [1.82, 2.24) is 20.2 Å². The summed E-state index contributed by atoms with van der Waals surface area (Å²) in [4.78, 5) is 32.7. The first kappa shape index (κ1) is 17.1. The molecule has 1 aliphatic heterocycles. The van der Waals surface area contributed by atoms with E-state index in [2.05, 4.69) is 15.3 Å². The summed E-state index contributed by atoms with van der Waals surface area (Å²) in [6.45, 7) is 5.83. The van der Waals surface area contributed by atoms with Gasteiger partial charge < -0.3 is 10.3 Å². The lowest BCUT2D eigenvalue weighted by Crippen LogP contribution is -2.36. The van der Waals surface area contributed by atoms with E-state index >= 15 is 0 Å². The zero-order chi connectivity index (χ0) is 18.1. The monoisotopic (exact) mass is 344 g/mol. The zero-order valence-corrected chi connectivity index (χ0v) is 14.5. The molecule has 0 aliphatic carbocycles. The van der Waals surface area contributed by atoms with Crippen molar-refractivity contribution in [3.8, 4) is 11.3 Å². The average Bonchev–Trinajstić information content (AvgIpc) is 3.13. The van der Waals surface area contributed by atoms with Crippen molar-refractivity contribution >= 4 is 11.9 Å². The summed E-state index contributed by atoms with van der Waals surface area (Å²) in [6, 6.07) is 4.04. The van der Waals surface area contributed by atoms with Crippen molar-refractivity contribution in [2.45, 2.75) is 33.2 Å². The fourth-order valence-corrected chi connectivity index (χ4v) is 3.02. The molecule has 1 saturated heterocycles. The molecule has 0 saturated carbocycles. The lowest BCUT2D eigenvalue weighted by molar-refractivity contribution is -0.127. The lowest BCUT2D eigenvalue weighted by Gasteiger charge is -2.25. The predicted molar refractivity (Wildman–Crippen MR) is 91.2 cm³/mol. The number of amides is 3. The third-order valence-corrected chi connectivity index (χ3v) is 4.21. The van der Waals surface area contributed by atoms with Crippen molar-refractivity contribution in [1.29, 1.82) is 0 Å². The number of hydrogen-bond acceptors (Lipinski definition) is 3. The zero-order valence-electron chi connectivity index (χ0n) is 14.5. The third kappa shape index (κ3) is 3.40. The van der Waals surface area contributed by atoms with E-state index in [0.717, 1.165) is 5.56 Å². The number of H-pyrrole nitrogens is 1. The van der Waals surface area contributed by atoms with Gasteiger partial charge in [0.15, 0.2) is 0 Å². The van der Waals surface area contributed by atoms with Crippen LogP contribution in [0.2, 0.25) is 0 Å². The van der Waals surface area contributed by atoms with E-state index < -0.39 is 12.1 Å². The molecule has 3 rings (SSSR count). The molecule has 1 aromatic carbocycles. The number of imidazole rings is 1. The number of aryl methyl sites for hydroxylation is 1. The molecule has 2 N–H and O–H groups in total. The maximum atomic E-state index is 14.2. The van der Waals surface area contributed by atoms with Gasteiger partial charge >= 0.3 is 6.03 Å². The molecule has 1 fully saturated rings. The van der Waals surface area contributed by atoms with Gasteiger partial charge in [-0.05, 0) is 37.0 Å². The quantitative estimate of drug-likeness (QED) is 0.818. The van der Waals surface area contributed by atoms with Crippen molar-refractivity contribution in [2.24, 2.45) is 5.92 Å². The Balaban J connectivity index is 1.96. The number of carbonyl (C=O) groups excluding carboxylic acids is 2. The van der Waals surface area contributed by atoms with Gasteiger partial charge in [0, 0.05) is 5.56 Å². The first-order chi connectivity index (χ1) is 11.9. The molecule has 0 spiro atoms. The highest BCUT2D eigenvalue weighted by atomic mass is 19.1. The van der Waals surface area contributed by atoms with E-state index in [4.69, 9.17) is 0 Å². The van der Waals surface area contributed by atoms with Gasteiger partial charge in [0.1, 0.15) is 11.6 Å². The Labute approximate surface area is 145 Å². The number of nitrogens with one attached hydrogen (secondary N) is 2. The van der Waals surface area contributed by atoms with Gasteiger partial charge in [-0.25, -0.2) is 14.2 Å². The SMILES string of the molecule is Cc1ccc(-c2cnc(C(CC(C)C)N3C(=O)CNC3=O)[nH]2)c(F)c1. The molecule has 1 aliphatic rings. The number of hydrogen-bond donors (Lipinski definition) is 2. The number of aromatic amines is 1. The molecule has 1 atom stereocenters. The second-order valence-corrected chi connectivity index (χ2v) is 6.73. The van der Waals surface area contributed by atoms with Crippen molar-refractivity contribution in [3.05, 3.63) is 41.6 Å². The van der Waals surface area contributed by atoms with Gasteiger partial charge in [0.25, 0.3) is 5.91 Å². The maximum absolute atomic E-state index is 14.2.